The minimum absolute atomic E-state index is 0.873. The number of hydrogen-bond acceptors (Lipinski definition) is 4. The van der Waals surface area contributed by atoms with E-state index in [1.54, 1.807) is 11.3 Å². The molecule has 19 heavy (non-hydrogen) atoms. The van der Waals surface area contributed by atoms with Crippen molar-refractivity contribution in [2.45, 2.75) is 39.0 Å². The zero-order valence-electron chi connectivity index (χ0n) is 11.3. The molecule has 0 spiro atoms. The van der Waals surface area contributed by atoms with Crippen LogP contribution in [0.3, 0.4) is 0 Å². The van der Waals surface area contributed by atoms with Crippen molar-refractivity contribution in [3.63, 3.8) is 0 Å². The van der Waals surface area contributed by atoms with Crippen LogP contribution in [0.15, 0.2) is 16.8 Å². The van der Waals surface area contributed by atoms with Gasteiger partial charge < -0.3 is 5.32 Å². The van der Waals surface area contributed by atoms with Gasteiger partial charge in [-0.25, -0.2) is 9.97 Å². The predicted molar refractivity (Wildman–Crippen MR) is 80.8 cm³/mol. The minimum atomic E-state index is 0.873. The van der Waals surface area contributed by atoms with Crippen molar-refractivity contribution in [2.24, 2.45) is 0 Å². The summed E-state index contributed by atoms with van der Waals surface area (Å²) in [6, 6.07) is 2.10. The number of thiophene rings is 1. The maximum Gasteiger partial charge on any atom is 0.162 e. The Labute approximate surface area is 118 Å². The van der Waals surface area contributed by atoms with Crippen molar-refractivity contribution >= 4 is 17.2 Å². The molecule has 0 unspecified atom stereocenters. The molecule has 0 aromatic carbocycles. The van der Waals surface area contributed by atoms with Gasteiger partial charge in [-0.3, -0.25) is 0 Å². The van der Waals surface area contributed by atoms with Gasteiger partial charge in [-0.2, -0.15) is 11.3 Å². The Balaban J connectivity index is 2.08. The normalized spacial score (nSPS) is 14.8. The second kappa shape index (κ2) is 5.70. The Morgan fingerprint density at radius 1 is 1.21 bits per heavy atom. The first kappa shape index (κ1) is 12.6. The lowest BCUT2D eigenvalue weighted by atomic mass is 10.1. The van der Waals surface area contributed by atoms with Crippen LogP contribution in [0.25, 0.3) is 11.4 Å². The fraction of sp³-hybridized carbons (Fsp3) is 0.467. The molecule has 2 aromatic rings. The van der Waals surface area contributed by atoms with Crippen molar-refractivity contribution < 1.29 is 0 Å². The zero-order valence-corrected chi connectivity index (χ0v) is 12.1. The molecular formula is C15H19N3S. The smallest absolute Gasteiger partial charge is 0.162 e. The van der Waals surface area contributed by atoms with Crippen molar-refractivity contribution in [1.82, 2.24) is 9.97 Å². The minimum Gasteiger partial charge on any atom is -0.370 e. The van der Waals surface area contributed by atoms with Crippen LogP contribution in [0.4, 0.5) is 5.82 Å². The highest BCUT2D eigenvalue weighted by Gasteiger charge is 2.17. The third-order valence-corrected chi connectivity index (χ3v) is 4.24. The summed E-state index contributed by atoms with van der Waals surface area (Å²) in [6.07, 6.45) is 6.01. The summed E-state index contributed by atoms with van der Waals surface area (Å²) in [5.74, 6) is 1.92. The summed E-state index contributed by atoms with van der Waals surface area (Å²) < 4.78 is 0. The second-order valence-corrected chi connectivity index (χ2v) is 5.70. The van der Waals surface area contributed by atoms with Crippen LogP contribution in [0.2, 0.25) is 0 Å². The summed E-state index contributed by atoms with van der Waals surface area (Å²) in [7, 11) is 0. The van der Waals surface area contributed by atoms with Crippen LogP contribution in [0.1, 0.15) is 37.4 Å². The Morgan fingerprint density at radius 2 is 2.11 bits per heavy atom. The highest BCUT2D eigenvalue weighted by Crippen LogP contribution is 2.28. The Hall–Kier alpha value is -1.42. The molecule has 0 amide bonds. The number of anilines is 1. The number of nitrogens with zero attached hydrogens (tertiary/aromatic N) is 2. The maximum atomic E-state index is 4.81. The number of rotatable bonds is 3. The number of nitrogens with one attached hydrogen (secondary N) is 1. The van der Waals surface area contributed by atoms with E-state index in [4.69, 9.17) is 9.97 Å². The van der Waals surface area contributed by atoms with Crippen molar-refractivity contribution in [1.29, 1.82) is 0 Å². The third kappa shape index (κ3) is 2.63. The van der Waals surface area contributed by atoms with Crippen LogP contribution in [-0.2, 0) is 12.8 Å². The van der Waals surface area contributed by atoms with Crippen LogP contribution < -0.4 is 5.32 Å². The van der Waals surface area contributed by atoms with Crippen LogP contribution in [-0.4, -0.2) is 16.5 Å². The average molecular weight is 273 g/mol. The van der Waals surface area contributed by atoms with E-state index in [9.17, 15) is 0 Å². The fourth-order valence-electron chi connectivity index (χ4n) is 2.61. The highest BCUT2D eigenvalue weighted by molar-refractivity contribution is 7.08. The summed E-state index contributed by atoms with van der Waals surface area (Å²) >= 11 is 1.69. The van der Waals surface area contributed by atoms with E-state index < -0.39 is 0 Å². The molecule has 2 heterocycles. The van der Waals surface area contributed by atoms with Crippen LogP contribution in [0, 0.1) is 0 Å². The number of aryl methyl sites for hydroxylation is 1. The van der Waals surface area contributed by atoms with Crippen LogP contribution in [0.5, 0.6) is 0 Å². The van der Waals surface area contributed by atoms with Gasteiger partial charge in [0.15, 0.2) is 5.82 Å². The summed E-state index contributed by atoms with van der Waals surface area (Å²) in [5.41, 5.74) is 3.74. The van der Waals surface area contributed by atoms with Crippen LogP contribution >= 0.6 is 11.3 Å². The maximum absolute atomic E-state index is 4.81. The lowest BCUT2D eigenvalue weighted by Crippen LogP contribution is -2.09. The van der Waals surface area contributed by atoms with E-state index >= 15 is 0 Å². The van der Waals surface area contributed by atoms with Gasteiger partial charge in [-0.05, 0) is 44.1 Å². The topological polar surface area (TPSA) is 37.8 Å². The van der Waals surface area contributed by atoms with E-state index in [0.717, 1.165) is 36.6 Å². The highest BCUT2D eigenvalue weighted by atomic mass is 32.1. The van der Waals surface area contributed by atoms with E-state index in [1.807, 2.05) is 0 Å². The summed E-state index contributed by atoms with van der Waals surface area (Å²) in [4.78, 5) is 9.56. The Bertz CT molecular complexity index is 549. The molecule has 0 fully saturated rings. The van der Waals surface area contributed by atoms with Gasteiger partial charge in [0.05, 0.1) is 0 Å². The molecule has 0 aliphatic heterocycles. The molecular weight excluding hydrogens is 254 g/mol. The lowest BCUT2D eigenvalue weighted by molar-refractivity contribution is 0.709. The summed E-state index contributed by atoms with van der Waals surface area (Å²) in [5, 5.41) is 7.62. The number of aromatic nitrogens is 2. The third-order valence-electron chi connectivity index (χ3n) is 3.56. The molecule has 0 bridgehead atoms. The van der Waals surface area contributed by atoms with E-state index in [1.165, 1.54) is 30.5 Å². The Kier molecular flexibility index (Phi) is 3.78. The first-order chi connectivity index (χ1) is 9.38. The SMILES string of the molecule is CCNc1nc(-c2ccsc2)nc2c1CCCCC2. The number of hydrogen-bond donors (Lipinski definition) is 1. The van der Waals surface area contributed by atoms with Crippen molar-refractivity contribution in [3.8, 4) is 11.4 Å². The summed E-state index contributed by atoms with van der Waals surface area (Å²) in [6.45, 7) is 3.03. The van der Waals surface area contributed by atoms with E-state index in [-0.39, 0.29) is 0 Å². The molecule has 3 rings (SSSR count). The molecule has 100 valence electrons. The first-order valence-corrected chi connectivity index (χ1v) is 7.99. The molecule has 0 saturated carbocycles. The molecule has 4 heteroatoms. The molecule has 0 radical (unpaired) electrons. The molecule has 1 N–H and O–H groups in total. The molecule has 0 saturated heterocycles. The average Bonchev–Trinajstić information content (AvgIpc) is 2.85. The Morgan fingerprint density at radius 3 is 2.89 bits per heavy atom. The largest absolute Gasteiger partial charge is 0.370 e. The standard InChI is InChI=1S/C15H19N3S/c1-2-16-15-12-6-4-3-5-7-13(12)17-14(18-15)11-8-9-19-10-11/h8-10H,2-7H2,1H3,(H,16,17,18). The van der Waals surface area contributed by atoms with E-state index in [0.29, 0.717) is 0 Å². The quantitative estimate of drug-likeness (QED) is 0.862. The zero-order chi connectivity index (χ0) is 13.1. The lowest BCUT2D eigenvalue weighted by Gasteiger charge is -2.13. The predicted octanol–water partition coefficient (Wildman–Crippen LogP) is 3.91. The second-order valence-electron chi connectivity index (χ2n) is 4.92. The number of fused-ring (bicyclic) bond motifs is 1. The molecule has 2 aromatic heterocycles. The first-order valence-electron chi connectivity index (χ1n) is 7.04. The van der Waals surface area contributed by atoms with Gasteiger partial charge in [0, 0.05) is 28.7 Å². The monoisotopic (exact) mass is 273 g/mol. The molecule has 1 aliphatic rings. The van der Waals surface area contributed by atoms with Gasteiger partial charge in [0.2, 0.25) is 0 Å². The van der Waals surface area contributed by atoms with Gasteiger partial charge >= 0.3 is 0 Å². The van der Waals surface area contributed by atoms with Gasteiger partial charge in [-0.1, -0.05) is 6.42 Å². The van der Waals surface area contributed by atoms with Crippen molar-refractivity contribution in [3.05, 3.63) is 28.1 Å². The van der Waals surface area contributed by atoms with E-state index in [2.05, 4.69) is 29.1 Å². The molecule has 3 nitrogen and oxygen atoms in total. The van der Waals surface area contributed by atoms with Gasteiger partial charge in [-0.15, -0.1) is 0 Å². The molecule has 1 aliphatic carbocycles. The van der Waals surface area contributed by atoms with Gasteiger partial charge in [0.25, 0.3) is 0 Å². The fourth-order valence-corrected chi connectivity index (χ4v) is 3.24. The van der Waals surface area contributed by atoms with Gasteiger partial charge in [0.1, 0.15) is 5.82 Å². The molecule has 0 atom stereocenters. The van der Waals surface area contributed by atoms with Crippen molar-refractivity contribution in [2.75, 3.05) is 11.9 Å².